The molecule has 2 aromatic rings. The predicted octanol–water partition coefficient (Wildman–Crippen LogP) is 3.86. The summed E-state index contributed by atoms with van der Waals surface area (Å²) < 4.78 is 5.99. The summed E-state index contributed by atoms with van der Waals surface area (Å²) in [6.45, 7) is 12.8. The van der Waals surface area contributed by atoms with Crippen LogP contribution in [0.1, 0.15) is 45.1 Å². The first-order chi connectivity index (χ1) is 11.8. The second kappa shape index (κ2) is 7.39. The van der Waals surface area contributed by atoms with Crippen molar-refractivity contribution in [2.24, 2.45) is 0 Å². The van der Waals surface area contributed by atoms with Crippen LogP contribution in [0.4, 0.5) is 5.82 Å². The third-order valence-electron chi connectivity index (χ3n) is 4.28. The van der Waals surface area contributed by atoms with Gasteiger partial charge in [-0.2, -0.15) is 0 Å². The standard InChI is InChI=1S/C18H27N3O2S2/c1-6-21(7-8-22)15-14-12-9-18(4,5)23-10-13(12)25-16(14)20-17(19-15)24-11(2)3/h11,22H,6-10H2,1-5H3. The first kappa shape index (κ1) is 18.9. The number of hydrogen-bond donors (Lipinski definition) is 1. The minimum atomic E-state index is -0.169. The van der Waals surface area contributed by atoms with E-state index in [9.17, 15) is 5.11 Å². The monoisotopic (exact) mass is 381 g/mol. The van der Waals surface area contributed by atoms with Gasteiger partial charge in [-0.05, 0) is 26.3 Å². The summed E-state index contributed by atoms with van der Waals surface area (Å²) in [5.74, 6) is 0.958. The number of anilines is 1. The molecule has 5 nitrogen and oxygen atoms in total. The van der Waals surface area contributed by atoms with Gasteiger partial charge in [0.1, 0.15) is 10.6 Å². The average Bonchev–Trinajstić information content (AvgIpc) is 2.87. The molecule has 0 amide bonds. The molecular weight excluding hydrogens is 354 g/mol. The lowest BCUT2D eigenvalue weighted by atomic mass is 9.94. The van der Waals surface area contributed by atoms with E-state index in [2.05, 4.69) is 39.5 Å². The summed E-state index contributed by atoms with van der Waals surface area (Å²) in [7, 11) is 0. The Kier molecular flexibility index (Phi) is 5.58. The summed E-state index contributed by atoms with van der Waals surface area (Å²) in [6.07, 6.45) is 0.867. The number of thiophene rings is 1. The van der Waals surface area contributed by atoms with Crippen LogP contribution in [0.15, 0.2) is 5.16 Å². The molecular formula is C18H27N3O2S2. The van der Waals surface area contributed by atoms with Gasteiger partial charge in [0.25, 0.3) is 0 Å². The maximum Gasteiger partial charge on any atom is 0.191 e. The van der Waals surface area contributed by atoms with E-state index in [1.165, 1.54) is 10.4 Å². The Labute approximate surface area is 157 Å². The molecule has 1 N–H and O–H groups in total. The Bertz CT molecular complexity index is 758. The van der Waals surface area contributed by atoms with Crippen LogP contribution in [-0.2, 0) is 17.8 Å². The molecule has 0 saturated carbocycles. The molecule has 7 heteroatoms. The molecule has 0 radical (unpaired) electrons. The highest BCUT2D eigenvalue weighted by molar-refractivity contribution is 7.99. The lowest BCUT2D eigenvalue weighted by Gasteiger charge is -2.30. The minimum absolute atomic E-state index is 0.118. The topological polar surface area (TPSA) is 58.5 Å². The van der Waals surface area contributed by atoms with Crippen LogP contribution in [0, 0.1) is 0 Å². The molecule has 0 unspecified atom stereocenters. The van der Waals surface area contributed by atoms with E-state index in [-0.39, 0.29) is 12.2 Å². The van der Waals surface area contributed by atoms with Gasteiger partial charge in [0.05, 0.1) is 24.2 Å². The first-order valence-corrected chi connectivity index (χ1v) is 10.5. The molecule has 1 aliphatic rings. The number of hydrogen-bond acceptors (Lipinski definition) is 7. The van der Waals surface area contributed by atoms with Crippen molar-refractivity contribution in [2.75, 3.05) is 24.6 Å². The van der Waals surface area contributed by atoms with E-state index >= 15 is 0 Å². The van der Waals surface area contributed by atoms with E-state index in [0.29, 0.717) is 18.4 Å². The minimum Gasteiger partial charge on any atom is -0.395 e. The lowest BCUT2D eigenvalue weighted by Crippen LogP contribution is -2.31. The van der Waals surface area contributed by atoms with E-state index in [1.54, 1.807) is 23.1 Å². The van der Waals surface area contributed by atoms with Crippen LogP contribution < -0.4 is 4.90 Å². The number of thioether (sulfide) groups is 1. The van der Waals surface area contributed by atoms with Crippen molar-refractivity contribution in [3.05, 3.63) is 10.4 Å². The second-order valence-electron chi connectivity index (χ2n) is 7.21. The fraction of sp³-hybridized carbons (Fsp3) is 0.667. The van der Waals surface area contributed by atoms with Crippen LogP contribution in [-0.4, -0.2) is 45.6 Å². The summed E-state index contributed by atoms with van der Waals surface area (Å²) in [4.78, 5) is 14.2. The van der Waals surface area contributed by atoms with Crippen LogP contribution >= 0.6 is 23.1 Å². The molecule has 0 saturated heterocycles. The van der Waals surface area contributed by atoms with Gasteiger partial charge >= 0.3 is 0 Å². The Hall–Kier alpha value is -0.890. The zero-order valence-corrected chi connectivity index (χ0v) is 17.3. The van der Waals surface area contributed by atoms with Gasteiger partial charge in [0, 0.05) is 29.6 Å². The highest BCUT2D eigenvalue weighted by atomic mass is 32.2. The Morgan fingerprint density at radius 2 is 2.12 bits per heavy atom. The number of nitrogens with zero attached hydrogens (tertiary/aromatic N) is 3. The van der Waals surface area contributed by atoms with Gasteiger partial charge in [0.15, 0.2) is 5.16 Å². The Balaban J connectivity index is 2.19. The van der Waals surface area contributed by atoms with Crippen molar-refractivity contribution in [1.29, 1.82) is 0 Å². The maximum atomic E-state index is 9.48. The quantitative estimate of drug-likeness (QED) is 0.606. The van der Waals surface area contributed by atoms with Crippen molar-refractivity contribution in [1.82, 2.24) is 9.97 Å². The fourth-order valence-electron chi connectivity index (χ4n) is 3.13. The molecule has 0 atom stereocenters. The summed E-state index contributed by atoms with van der Waals surface area (Å²) >= 11 is 3.41. The number of aromatic nitrogens is 2. The largest absolute Gasteiger partial charge is 0.395 e. The number of ether oxygens (including phenoxy) is 1. The number of fused-ring (bicyclic) bond motifs is 3. The van der Waals surface area contributed by atoms with Crippen molar-refractivity contribution in [2.45, 2.75) is 63.7 Å². The van der Waals surface area contributed by atoms with Gasteiger partial charge < -0.3 is 14.7 Å². The third-order valence-corrected chi connectivity index (χ3v) is 6.25. The van der Waals surface area contributed by atoms with E-state index in [4.69, 9.17) is 14.7 Å². The molecule has 3 heterocycles. The van der Waals surface area contributed by atoms with Crippen molar-refractivity contribution < 1.29 is 9.84 Å². The molecule has 0 bridgehead atoms. The zero-order chi connectivity index (χ0) is 18.2. The molecule has 1 aliphatic heterocycles. The van der Waals surface area contributed by atoms with Gasteiger partial charge in [-0.15, -0.1) is 11.3 Å². The molecule has 138 valence electrons. The van der Waals surface area contributed by atoms with E-state index < -0.39 is 0 Å². The third kappa shape index (κ3) is 3.94. The zero-order valence-electron chi connectivity index (χ0n) is 15.6. The first-order valence-electron chi connectivity index (χ1n) is 8.83. The summed E-state index contributed by atoms with van der Waals surface area (Å²) in [6, 6.07) is 0. The van der Waals surface area contributed by atoms with Gasteiger partial charge in [-0.1, -0.05) is 25.6 Å². The highest BCUT2D eigenvalue weighted by Crippen LogP contribution is 2.42. The molecule has 25 heavy (non-hydrogen) atoms. The average molecular weight is 382 g/mol. The van der Waals surface area contributed by atoms with Gasteiger partial charge in [-0.25, -0.2) is 9.97 Å². The number of rotatable bonds is 6. The van der Waals surface area contributed by atoms with Crippen LogP contribution in [0.5, 0.6) is 0 Å². The lowest BCUT2D eigenvalue weighted by molar-refractivity contribution is -0.0379. The number of likely N-dealkylation sites (N-methyl/N-ethyl adjacent to an activating group) is 1. The Morgan fingerprint density at radius 3 is 2.76 bits per heavy atom. The second-order valence-corrected chi connectivity index (χ2v) is 9.84. The van der Waals surface area contributed by atoms with Gasteiger partial charge in [0.2, 0.25) is 0 Å². The number of aliphatic hydroxyl groups is 1. The van der Waals surface area contributed by atoms with Crippen molar-refractivity contribution >= 4 is 39.1 Å². The molecule has 0 fully saturated rings. The molecule has 2 aromatic heterocycles. The Morgan fingerprint density at radius 1 is 1.36 bits per heavy atom. The smallest absolute Gasteiger partial charge is 0.191 e. The molecule has 0 spiro atoms. The fourth-order valence-corrected chi connectivity index (χ4v) is 4.99. The van der Waals surface area contributed by atoms with Crippen molar-refractivity contribution in [3.8, 4) is 0 Å². The van der Waals surface area contributed by atoms with Crippen molar-refractivity contribution in [3.63, 3.8) is 0 Å². The van der Waals surface area contributed by atoms with Crippen LogP contribution in [0.3, 0.4) is 0 Å². The van der Waals surface area contributed by atoms with Crippen LogP contribution in [0.25, 0.3) is 10.2 Å². The maximum absolute atomic E-state index is 9.48. The molecule has 3 rings (SSSR count). The summed E-state index contributed by atoms with van der Waals surface area (Å²) in [5.41, 5.74) is 1.15. The highest BCUT2D eigenvalue weighted by Gasteiger charge is 2.31. The van der Waals surface area contributed by atoms with E-state index in [0.717, 1.165) is 34.2 Å². The predicted molar refractivity (Wildman–Crippen MR) is 106 cm³/mol. The van der Waals surface area contributed by atoms with Crippen LogP contribution in [0.2, 0.25) is 0 Å². The number of aliphatic hydroxyl groups excluding tert-OH is 1. The SMILES string of the molecule is CCN(CCO)c1nc(SC(C)C)nc2sc3c(c12)CC(C)(C)OC3. The molecule has 0 aromatic carbocycles. The van der Waals surface area contributed by atoms with Gasteiger partial charge in [-0.3, -0.25) is 0 Å². The van der Waals surface area contributed by atoms with E-state index in [1.807, 2.05) is 0 Å². The molecule has 0 aliphatic carbocycles. The summed E-state index contributed by atoms with van der Waals surface area (Å²) in [5, 5.41) is 11.9. The normalized spacial score (nSPS) is 16.4.